The van der Waals surface area contributed by atoms with E-state index < -0.39 is 15.9 Å². The number of anilines is 1. The van der Waals surface area contributed by atoms with Gasteiger partial charge in [0.1, 0.15) is 16.4 Å². The van der Waals surface area contributed by atoms with Gasteiger partial charge in [0.05, 0.1) is 17.4 Å². The minimum Gasteiger partial charge on any atom is -0.454 e. The molecular formula is C23H21N3O5S. The summed E-state index contributed by atoms with van der Waals surface area (Å²) in [5, 5.41) is 2.81. The summed E-state index contributed by atoms with van der Waals surface area (Å²) in [6.45, 7) is 2.77. The predicted octanol–water partition coefficient (Wildman–Crippen LogP) is 4.32. The molecule has 0 saturated carbocycles. The van der Waals surface area contributed by atoms with Crippen molar-refractivity contribution in [1.82, 2.24) is 9.29 Å². The third-order valence-electron chi connectivity index (χ3n) is 5.44. The van der Waals surface area contributed by atoms with Crippen LogP contribution < -0.4 is 14.8 Å². The second-order valence-electron chi connectivity index (χ2n) is 7.75. The quantitative estimate of drug-likeness (QED) is 0.634. The summed E-state index contributed by atoms with van der Waals surface area (Å²) in [6.07, 6.45) is 4.67. The van der Waals surface area contributed by atoms with Crippen molar-refractivity contribution in [2.24, 2.45) is 0 Å². The summed E-state index contributed by atoms with van der Waals surface area (Å²) in [5.41, 5.74) is 1.59. The van der Waals surface area contributed by atoms with Gasteiger partial charge in [0.25, 0.3) is 5.91 Å². The van der Waals surface area contributed by atoms with E-state index in [0.29, 0.717) is 30.3 Å². The van der Waals surface area contributed by atoms with Crippen molar-refractivity contribution in [2.45, 2.75) is 24.7 Å². The molecule has 1 N–H and O–H groups in total. The SMILES string of the molecule is Cc1ccc2c(c1)NC(=O)c1cc(S(=O)(=O)N3CCCC3)c(Oc3cccnc3)cc1O2. The van der Waals surface area contributed by atoms with Gasteiger partial charge in [-0.2, -0.15) is 4.31 Å². The summed E-state index contributed by atoms with van der Waals surface area (Å²) in [7, 11) is -3.88. The number of aromatic nitrogens is 1. The lowest BCUT2D eigenvalue weighted by Gasteiger charge is -2.20. The Morgan fingerprint density at radius 1 is 1.09 bits per heavy atom. The van der Waals surface area contributed by atoms with Crippen LogP contribution in [0.25, 0.3) is 0 Å². The summed E-state index contributed by atoms with van der Waals surface area (Å²) < 4.78 is 40.2. The summed E-state index contributed by atoms with van der Waals surface area (Å²) in [5.74, 6) is 0.677. The van der Waals surface area contributed by atoms with Crippen LogP contribution in [0.2, 0.25) is 0 Å². The molecule has 9 heteroatoms. The zero-order valence-electron chi connectivity index (χ0n) is 17.4. The van der Waals surface area contributed by atoms with E-state index >= 15 is 0 Å². The number of aryl methyl sites for hydroxylation is 1. The highest BCUT2D eigenvalue weighted by molar-refractivity contribution is 7.89. The number of benzene rings is 2. The average molecular weight is 452 g/mol. The fraction of sp³-hybridized carbons (Fsp3) is 0.217. The van der Waals surface area contributed by atoms with E-state index in [1.165, 1.54) is 22.6 Å². The maximum absolute atomic E-state index is 13.4. The number of amides is 1. The summed E-state index contributed by atoms with van der Waals surface area (Å²) >= 11 is 0. The molecule has 0 atom stereocenters. The molecule has 8 nitrogen and oxygen atoms in total. The smallest absolute Gasteiger partial charge is 0.259 e. The first-order valence-electron chi connectivity index (χ1n) is 10.3. The first-order chi connectivity index (χ1) is 15.4. The number of rotatable bonds is 4. The molecule has 164 valence electrons. The average Bonchev–Trinajstić information content (AvgIpc) is 3.28. The Morgan fingerprint density at radius 3 is 2.66 bits per heavy atom. The second kappa shape index (κ2) is 7.92. The lowest BCUT2D eigenvalue weighted by atomic mass is 10.1. The lowest BCUT2D eigenvalue weighted by Crippen LogP contribution is -2.28. The molecule has 2 aliphatic rings. The molecule has 0 unspecified atom stereocenters. The van der Waals surface area contributed by atoms with Gasteiger partial charge in [-0.05, 0) is 55.7 Å². The second-order valence-corrected chi connectivity index (χ2v) is 9.66. The molecule has 1 fully saturated rings. The van der Waals surface area contributed by atoms with Crippen molar-refractivity contribution in [2.75, 3.05) is 18.4 Å². The zero-order chi connectivity index (χ0) is 22.3. The molecule has 2 aromatic carbocycles. The summed E-state index contributed by atoms with van der Waals surface area (Å²) in [4.78, 5) is 16.9. The minimum atomic E-state index is -3.88. The number of hydrogen-bond donors (Lipinski definition) is 1. The van der Waals surface area contributed by atoms with Gasteiger partial charge in [0.15, 0.2) is 11.5 Å². The Kier molecular flexibility index (Phi) is 5.07. The largest absolute Gasteiger partial charge is 0.454 e. The van der Waals surface area contributed by atoms with Crippen molar-refractivity contribution in [3.8, 4) is 23.0 Å². The fourth-order valence-electron chi connectivity index (χ4n) is 3.83. The van der Waals surface area contributed by atoms with Crippen molar-refractivity contribution in [3.05, 3.63) is 66.0 Å². The van der Waals surface area contributed by atoms with E-state index in [2.05, 4.69) is 10.3 Å². The van der Waals surface area contributed by atoms with Crippen LogP contribution in [0.5, 0.6) is 23.0 Å². The molecular weight excluding hydrogens is 430 g/mol. The highest BCUT2D eigenvalue weighted by atomic mass is 32.2. The van der Waals surface area contributed by atoms with E-state index in [0.717, 1.165) is 18.4 Å². The molecule has 0 spiro atoms. The number of carbonyl (C=O) groups is 1. The highest BCUT2D eigenvalue weighted by Crippen LogP contribution is 2.42. The molecule has 0 bridgehead atoms. The topological polar surface area (TPSA) is 97.8 Å². The number of nitrogens with zero attached hydrogens (tertiary/aromatic N) is 2. The van der Waals surface area contributed by atoms with E-state index in [1.807, 2.05) is 13.0 Å². The van der Waals surface area contributed by atoms with E-state index in [9.17, 15) is 13.2 Å². The molecule has 3 aromatic rings. The molecule has 0 aliphatic carbocycles. The molecule has 3 heterocycles. The van der Waals surface area contributed by atoms with Gasteiger partial charge in [-0.25, -0.2) is 8.42 Å². The first-order valence-corrected chi connectivity index (χ1v) is 11.7. The number of carbonyl (C=O) groups excluding carboxylic acids is 1. The number of ether oxygens (including phenoxy) is 2. The summed E-state index contributed by atoms with van der Waals surface area (Å²) in [6, 6.07) is 11.6. The van der Waals surface area contributed by atoms with Crippen molar-refractivity contribution in [3.63, 3.8) is 0 Å². The normalized spacial score (nSPS) is 15.8. The van der Waals surface area contributed by atoms with Crippen LogP contribution in [0.1, 0.15) is 28.8 Å². The van der Waals surface area contributed by atoms with Gasteiger partial charge in [-0.15, -0.1) is 0 Å². The van der Waals surface area contributed by atoms with Crippen LogP contribution in [0, 0.1) is 6.92 Å². The van der Waals surface area contributed by atoms with Crippen LogP contribution in [-0.4, -0.2) is 36.7 Å². The van der Waals surface area contributed by atoms with Gasteiger partial charge in [-0.3, -0.25) is 9.78 Å². The predicted molar refractivity (Wildman–Crippen MR) is 118 cm³/mol. The van der Waals surface area contributed by atoms with E-state index in [4.69, 9.17) is 9.47 Å². The Balaban J connectivity index is 1.66. The molecule has 1 aromatic heterocycles. The maximum atomic E-state index is 13.4. The van der Waals surface area contributed by atoms with Crippen molar-refractivity contribution < 1.29 is 22.7 Å². The van der Waals surface area contributed by atoms with Crippen LogP contribution in [0.3, 0.4) is 0 Å². The van der Waals surface area contributed by atoms with E-state index in [-0.39, 0.29) is 22.0 Å². The lowest BCUT2D eigenvalue weighted by molar-refractivity contribution is 0.102. The number of pyridine rings is 1. The first kappa shape index (κ1) is 20.5. The molecule has 1 saturated heterocycles. The Labute approximate surface area is 185 Å². The van der Waals surface area contributed by atoms with Crippen LogP contribution in [-0.2, 0) is 10.0 Å². The highest BCUT2D eigenvalue weighted by Gasteiger charge is 2.33. The van der Waals surface area contributed by atoms with Gasteiger partial charge < -0.3 is 14.8 Å². The number of hydrogen-bond acceptors (Lipinski definition) is 6. The standard InChI is InChI=1S/C23H21N3O5S/c1-15-6-7-19-18(11-15)25-23(27)17-12-22(32(28,29)26-9-2-3-10-26)21(13-20(17)31-19)30-16-5-4-8-24-14-16/h4-8,11-14H,2-3,9-10H2,1H3,(H,25,27). The molecule has 32 heavy (non-hydrogen) atoms. The van der Waals surface area contributed by atoms with E-state index in [1.54, 1.807) is 30.5 Å². The maximum Gasteiger partial charge on any atom is 0.259 e. The van der Waals surface area contributed by atoms with Crippen LogP contribution in [0.4, 0.5) is 5.69 Å². The van der Waals surface area contributed by atoms with Gasteiger partial charge >= 0.3 is 0 Å². The fourth-order valence-corrected chi connectivity index (χ4v) is 5.46. The Bertz CT molecular complexity index is 1300. The Hall–Kier alpha value is -3.43. The van der Waals surface area contributed by atoms with Crippen LogP contribution >= 0.6 is 0 Å². The third kappa shape index (κ3) is 3.69. The van der Waals surface area contributed by atoms with Crippen LogP contribution in [0.15, 0.2) is 59.8 Å². The number of sulfonamides is 1. The molecule has 1 amide bonds. The number of fused-ring (bicyclic) bond motifs is 2. The zero-order valence-corrected chi connectivity index (χ0v) is 18.2. The van der Waals surface area contributed by atoms with Crippen molar-refractivity contribution >= 4 is 21.6 Å². The molecule has 2 aliphatic heterocycles. The molecule has 5 rings (SSSR count). The monoisotopic (exact) mass is 451 g/mol. The minimum absolute atomic E-state index is 0.0759. The van der Waals surface area contributed by atoms with Gasteiger partial charge in [0.2, 0.25) is 10.0 Å². The third-order valence-corrected chi connectivity index (χ3v) is 7.36. The molecule has 0 radical (unpaired) electrons. The van der Waals surface area contributed by atoms with Gasteiger partial charge in [0, 0.05) is 25.4 Å². The number of nitrogens with one attached hydrogen (secondary N) is 1. The Morgan fingerprint density at radius 2 is 1.91 bits per heavy atom. The van der Waals surface area contributed by atoms with Crippen molar-refractivity contribution in [1.29, 1.82) is 0 Å². The van der Waals surface area contributed by atoms with Gasteiger partial charge in [-0.1, -0.05) is 6.07 Å².